The van der Waals surface area contributed by atoms with Gasteiger partial charge in [-0.15, -0.1) is 0 Å². The summed E-state index contributed by atoms with van der Waals surface area (Å²) in [6.45, 7) is 3.94. The highest BCUT2D eigenvalue weighted by atomic mass is 79.9. The van der Waals surface area contributed by atoms with Gasteiger partial charge in [0.05, 0.1) is 0 Å². The molecule has 3 rings (SSSR count). The van der Waals surface area contributed by atoms with Crippen LogP contribution in [0.5, 0.6) is 0 Å². The van der Waals surface area contributed by atoms with Gasteiger partial charge >= 0.3 is 6.03 Å². The summed E-state index contributed by atoms with van der Waals surface area (Å²) in [4.78, 5) is 16.5. The van der Waals surface area contributed by atoms with E-state index in [0.717, 1.165) is 37.1 Å². The van der Waals surface area contributed by atoms with E-state index in [1.54, 1.807) is 0 Å². The van der Waals surface area contributed by atoms with E-state index in [4.69, 9.17) is 0 Å². The molecule has 0 unspecified atom stereocenters. The number of piperazine rings is 1. The lowest BCUT2D eigenvalue weighted by Gasteiger charge is -2.36. The second-order valence-corrected chi connectivity index (χ2v) is 6.84. The molecule has 0 aliphatic carbocycles. The number of carbonyl (C=O) groups is 1. The molecule has 1 fully saturated rings. The summed E-state index contributed by atoms with van der Waals surface area (Å²) >= 11 is 3.47. The summed E-state index contributed by atoms with van der Waals surface area (Å²) in [5, 5.41) is 3.03. The maximum atomic E-state index is 12.3. The van der Waals surface area contributed by atoms with Crippen LogP contribution in [0.15, 0.2) is 59.1 Å². The predicted molar refractivity (Wildman–Crippen MR) is 101 cm³/mol. The zero-order valence-corrected chi connectivity index (χ0v) is 15.2. The Balaban J connectivity index is 1.42. The van der Waals surface area contributed by atoms with Crippen LogP contribution in [-0.4, -0.2) is 43.7 Å². The molecule has 5 heteroatoms. The van der Waals surface area contributed by atoms with Gasteiger partial charge in [-0.05, 0) is 36.2 Å². The van der Waals surface area contributed by atoms with Crippen LogP contribution in [-0.2, 0) is 6.42 Å². The number of benzene rings is 2. The second-order valence-electron chi connectivity index (χ2n) is 5.92. The standard InChI is InChI=1S/C19H22BrN3O/c20-17-6-4-5-16(15-17)9-10-21-19(24)23-13-11-22(12-14-23)18-7-2-1-3-8-18/h1-8,15H,9-14H2,(H,21,24). The quantitative estimate of drug-likeness (QED) is 0.870. The highest BCUT2D eigenvalue weighted by Gasteiger charge is 2.20. The maximum Gasteiger partial charge on any atom is 0.317 e. The number of nitrogens with one attached hydrogen (secondary N) is 1. The molecule has 2 amide bonds. The Kier molecular flexibility index (Phi) is 5.75. The number of nitrogens with zero attached hydrogens (tertiary/aromatic N) is 2. The summed E-state index contributed by atoms with van der Waals surface area (Å²) in [5.74, 6) is 0. The molecule has 0 spiro atoms. The lowest BCUT2D eigenvalue weighted by Crippen LogP contribution is -2.52. The summed E-state index contributed by atoms with van der Waals surface area (Å²) in [5.41, 5.74) is 2.45. The van der Waals surface area contributed by atoms with Gasteiger partial charge in [0.1, 0.15) is 0 Å². The molecule has 24 heavy (non-hydrogen) atoms. The molecule has 1 heterocycles. The molecule has 0 bridgehead atoms. The van der Waals surface area contributed by atoms with E-state index in [1.807, 2.05) is 23.1 Å². The number of amides is 2. The van der Waals surface area contributed by atoms with Crippen molar-refractivity contribution < 1.29 is 4.79 Å². The highest BCUT2D eigenvalue weighted by Crippen LogP contribution is 2.15. The fourth-order valence-corrected chi connectivity index (χ4v) is 3.37. The van der Waals surface area contributed by atoms with Crippen molar-refractivity contribution in [3.63, 3.8) is 0 Å². The van der Waals surface area contributed by atoms with Crippen molar-refractivity contribution in [3.05, 3.63) is 64.6 Å². The van der Waals surface area contributed by atoms with Crippen LogP contribution in [0.3, 0.4) is 0 Å². The number of hydrogen-bond acceptors (Lipinski definition) is 2. The average molecular weight is 388 g/mol. The van der Waals surface area contributed by atoms with Crippen LogP contribution in [0, 0.1) is 0 Å². The fraction of sp³-hybridized carbons (Fsp3) is 0.316. The van der Waals surface area contributed by atoms with Gasteiger partial charge < -0.3 is 15.1 Å². The average Bonchev–Trinajstić information content (AvgIpc) is 2.63. The minimum atomic E-state index is 0.0395. The molecule has 0 atom stereocenters. The normalized spacial score (nSPS) is 14.5. The van der Waals surface area contributed by atoms with Crippen molar-refractivity contribution in [1.29, 1.82) is 0 Å². The molecule has 126 valence electrons. The molecule has 2 aromatic rings. The Morgan fingerprint density at radius 2 is 1.75 bits per heavy atom. The molecule has 1 aliphatic heterocycles. The van der Waals surface area contributed by atoms with Gasteiger partial charge in [0.15, 0.2) is 0 Å². The van der Waals surface area contributed by atoms with E-state index in [9.17, 15) is 4.79 Å². The Morgan fingerprint density at radius 3 is 2.46 bits per heavy atom. The summed E-state index contributed by atoms with van der Waals surface area (Å²) < 4.78 is 1.07. The zero-order valence-electron chi connectivity index (χ0n) is 13.6. The molecule has 1 N–H and O–H groups in total. The molecule has 4 nitrogen and oxygen atoms in total. The molecule has 0 saturated carbocycles. The van der Waals surface area contributed by atoms with Crippen LogP contribution in [0.1, 0.15) is 5.56 Å². The number of carbonyl (C=O) groups excluding carboxylic acids is 1. The Bertz CT molecular complexity index is 669. The fourth-order valence-electron chi connectivity index (χ4n) is 2.92. The monoisotopic (exact) mass is 387 g/mol. The topological polar surface area (TPSA) is 35.6 Å². The summed E-state index contributed by atoms with van der Waals surface area (Å²) in [6.07, 6.45) is 0.842. The van der Waals surface area contributed by atoms with Crippen molar-refractivity contribution in [2.75, 3.05) is 37.6 Å². The molecule has 1 aliphatic rings. The first-order valence-corrected chi connectivity index (χ1v) is 9.09. The zero-order chi connectivity index (χ0) is 16.8. The van der Waals surface area contributed by atoms with E-state index in [2.05, 4.69) is 62.5 Å². The molecule has 1 saturated heterocycles. The van der Waals surface area contributed by atoms with Crippen LogP contribution < -0.4 is 10.2 Å². The lowest BCUT2D eigenvalue weighted by molar-refractivity contribution is 0.194. The van der Waals surface area contributed by atoms with Gasteiger partial charge in [-0.2, -0.15) is 0 Å². The van der Waals surface area contributed by atoms with Crippen molar-refractivity contribution in [2.45, 2.75) is 6.42 Å². The second kappa shape index (κ2) is 8.20. The molecular weight excluding hydrogens is 366 g/mol. The molecule has 0 aromatic heterocycles. The van der Waals surface area contributed by atoms with Crippen molar-refractivity contribution in [2.24, 2.45) is 0 Å². The predicted octanol–water partition coefficient (Wildman–Crippen LogP) is 3.52. The van der Waals surface area contributed by atoms with Gasteiger partial charge in [-0.3, -0.25) is 0 Å². The molecular formula is C19H22BrN3O. The van der Waals surface area contributed by atoms with Gasteiger partial charge in [-0.1, -0.05) is 46.3 Å². The smallest absolute Gasteiger partial charge is 0.317 e. The van der Waals surface area contributed by atoms with E-state index in [-0.39, 0.29) is 6.03 Å². The van der Waals surface area contributed by atoms with Gasteiger partial charge in [-0.25, -0.2) is 4.79 Å². The van der Waals surface area contributed by atoms with Gasteiger partial charge in [0, 0.05) is 42.9 Å². The van der Waals surface area contributed by atoms with Crippen molar-refractivity contribution in [3.8, 4) is 0 Å². The SMILES string of the molecule is O=C(NCCc1cccc(Br)c1)N1CCN(c2ccccc2)CC1. The van der Waals surface area contributed by atoms with E-state index < -0.39 is 0 Å². The number of hydrogen-bond donors (Lipinski definition) is 1. The maximum absolute atomic E-state index is 12.3. The Labute approximate surface area is 151 Å². The largest absolute Gasteiger partial charge is 0.368 e. The minimum absolute atomic E-state index is 0.0395. The van der Waals surface area contributed by atoms with Crippen LogP contribution in [0.25, 0.3) is 0 Å². The third-order valence-corrected chi connectivity index (χ3v) is 4.76. The van der Waals surface area contributed by atoms with E-state index in [0.29, 0.717) is 6.54 Å². The number of anilines is 1. The molecule has 0 radical (unpaired) electrons. The van der Waals surface area contributed by atoms with E-state index in [1.165, 1.54) is 11.3 Å². The Morgan fingerprint density at radius 1 is 1.00 bits per heavy atom. The van der Waals surface area contributed by atoms with Crippen molar-refractivity contribution in [1.82, 2.24) is 10.2 Å². The molecule has 2 aromatic carbocycles. The highest BCUT2D eigenvalue weighted by molar-refractivity contribution is 9.10. The van der Waals surface area contributed by atoms with Crippen LogP contribution >= 0.6 is 15.9 Å². The lowest BCUT2D eigenvalue weighted by atomic mass is 10.1. The minimum Gasteiger partial charge on any atom is -0.368 e. The van der Waals surface area contributed by atoms with Gasteiger partial charge in [0.2, 0.25) is 0 Å². The number of rotatable bonds is 4. The van der Waals surface area contributed by atoms with E-state index >= 15 is 0 Å². The third-order valence-electron chi connectivity index (χ3n) is 4.27. The third kappa shape index (κ3) is 4.51. The first-order valence-electron chi connectivity index (χ1n) is 8.29. The number of halogens is 1. The van der Waals surface area contributed by atoms with Crippen LogP contribution in [0.4, 0.5) is 10.5 Å². The Hall–Kier alpha value is -2.01. The van der Waals surface area contributed by atoms with Gasteiger partial charge in [0.25, 0.3) is 0 Å². The van der Waals surface area contributed by atoms with Crippen LogP contribution in [0.2, 0.25) is 0 Å². The first-order chi connectivity index (χ1) is 11.7. The number of urea groups is 1. The van der Waals surface area contributed by atoms with Crippen molar-refractivity contribution >= 4 is 27.6 Å². The summed E-state index contributed by atoms with van der Waals surface area (Å²) in [7, 11) is 0. The number of para-hydroxylation sites is 1. The summed E-state index contributed by atoms with van der Waals surface area (Å²) in [6, 6.07) is 18.6. The first kappa shape index (κ1) is 16.8.